The maximum absolute atomic E-state index is 13.9. The lowest BCUT2D eigenvalue weighted by Crippen LogP contribution is -2.53. The van der Waals surface area contributed by atoms with Gasteiger partial charge in [0.15, 0.2) is 0 Å². The Hall–Kier alpha value is -5.01. The third-order valence-electron chi connectivity index (χ3n) is 11.0. The van der Waals surface area contributed by atoms with E-state index in [0.29, 0.717) is 45.4 Å². The molecule has 3 aromatic heterocycles. The van der Waals surface area contributed by atoms with E-state index in [-0.39, 0.29) is 34.1 Å². The van der Waals surface area contributed by atoms with Gasteiger partial charge in [-0.05, 0) is 73.9 Å². The first-order valence-corrected chi connectivity index (χ1v) is 18.0. The predicted octanol–water partition coefficient (Wildman–Crippen LogP) is 7.52. The van der Waals surface area contributed by atoms with Crippen molar-refractivity contribution in [2.45, 2.75) is 63.2 Å². The number of aryl methyl sites for hydroxylation is 2. The summed E-state index contributed by atoms with van der Waals surface area (Å²) < 4.78 is 48.5. The van der Waals surface area contributed by atoms with Crippen LogP contribution in [0.25, 0.3) is 33.2 Å². The zero-order chi connectivity index (χ0) is 37.2. The van der Waals surface area contributed by atoms with E-state index < -0.39 is 17.4 Å². The van der Waals surface area contributed by atoms with Crippen LogP contribution in [0.2, 0.25) is 5.02 Å². The number of carbonyl (C=O) groups is 1. The summed E-state index contributed by atoms with van der Waals surface area (Å²) in [6, 6.07) is 14.1. The molecule has 2 aromatic carbocycles. The number of nitrogens with zero attached hydrogens (tertiary/aromatic N) is 5. The number of halogens is 4. The summed E-state index contributed by atoms with van der Waals surface area (Å²) >= 11 is 7.19. The smallest absolute Gasteiger partial charge is 0.433 e. The van der Waals surface area contributed by atoms with Crippen LogP contribution in [0.3, 0.4) is 0 Å². The third kappa shape index (κ3) is 6.19. The van der Waals surface area contributed by atoms with Gasteiger partial charge in [-0.2, -0.15) is 18.3 Å². The number of pyridine rings is 2. The van der Waals surface area contributed by atoms with Gasteiger partial charge in [-0.3, -0.25) is 14.5 Å². The van der Waals surface area contributed by atoms with Crippen molar-refractivity contribution in [1.29, 1.82) is 0 Å². The van der Waals surface area contributed by atoms with Crippen molar-refractivity contribution >= 4 is 39.8 Å². The van der Waals surface area contributed by atoms with Gasteiger partial charge in [0, 0.05) is 60.4 Å². The molecule has 10 nitrogen and oxygen atoms in total. The molecular formula is C39H37ClF3N7O3. The second kappa shape index (κ2) is 13.1. The van der Waals surface area contributed by atoms with Crippen molar-refractivity contribution in [2.75, 3.05) is 25.5 Å². The quantitative estimate of drug-likeness (QED) is 0.184. The minimum atomic E-state index is -4.74. The molecular weight excluding hydrogens is 707 g/mol. The fourth-order valence-electron chi connectivity index (χ4n) is 8.34. The first-order chi connectivity index (χ1) is 25.4. The van der Waals surface area contributed by atoms with Crippen molar-refractivity contribution in [3.8, 4) is 28.3 Å². The van der Waals surface area contributed by atoms with Gasteiger partial charge in [-0.15, -0.1) is 0 Å². The second-order valence-electron chi connectivity index (χ2n) is 14.2. The summed E-state index contributed by atoms with van der Waals surface area (Å²) in [7, 11) is 3.05. The molecule has 0 unspecified atom stereocenters. The molecule has 2 fully saturated rings. The molecule has 2 saturated heterocycles. The van der Waals surface area contributed by atoms with Crippen molar-refractivity contribution in [1.82, 2.24) is 30.0 Å². The molecule has 2 N–H and O–H groups in total. The number of fused-ring (bicyclic) bond motifs is 2. The zero-order valence-corrected chi connectivity index (χ0v) is 30.2. The number of ether oxygens (including phenoxy) is 1. The Morgan fingerprint density at radius 2 is 1.81 bits per heavy atom. The van der Waals surface area contributed by atoms with Crippen LogP contribution in [-0.2, 0) is 24.4 Å². The second-order valence-corrected chi connectivity index (χ2v) is 14.6. The van der Waals surface area contributed by atoms with Crippen LogP contribution >= 0.6 is 11.6 Å². The number of hydrogen-bond acceptors (Lipinski definition) is 8. The highest BCUT2D eigenvalue weighted by Gasteiger charge is 2.45. The fraction of sp³-hybridized carbons (Fsp3) is 0.359. The standard InChI is InChI=1S/C39H37ClF3N7O3/c1-21-24(7-5-10-27(21)45-35-33-23(19-44-49(2)37(33)52)18-30(47-35)39(41,42)43)25-8-4-9-26(34(25)40)28-17-22-12-13-29(32(22)36(46-28)53-3)50-16-15-38(20-50)14-6-11-31(51)48-38/h4-5,7-10,17-19,29H,6,11-16,20H2,1-3H3,(H,45,47)(H,48,51)/t29-,38+/m1/s1. The van der Waals surface area contributed by atoms with Crippen molar-refractivity contribution in [2.24, 2.45) is 7.05 Å². The molecule has 0 bridgehead atoms. The molecule has 3 aliphatic rings. The maximum Gasteiger partial charge on any atom is 0.433 e. The Kier molecular flexibility index (Phi) is 8.68. The number of nitrogens with one attached hydrogen (secondary N) is 2. The fourth-order valence-corrected chi connectivity index (χ4v) is 8.67. The molecule has 1 aliphatic carbocycles. The van der Waals surface area contributed by atoms with Crippen LogP contribution in [-0.4, -0.2) is 56.3 Å². The minimum Gasteiger partial charge on any atom is -0.481 e. The summed E-state index contributed by atoms with van der Waals surface area (Å²) in [4.78, 5) is 36.6. The SMILES string of the molecule is COc1nc(-c2cccc(-c3cccc(Nc4nc(C(F)(F)F)cc5cnn(C)c(=O)c45)c3C)c2Cl)cc2c1[C@H](N1CC[C@@]3(CCCC(=O)N3)C1)CC2. The van der Waals surface area contributed by atoms with E-state index in [1.54, 1.807) is 19.2 Å². The minimum absolute atomic E-state index is 0.0100. The lowest BCUT2D eigenvalue weighted by atomic mass is 9.88. The Morgan fingerprint density at radius 1 is 1.04 bits per heavy atom. The molecule has 1 spiro atoms. The summed E-state index contributed by atoms with van der Waals surface area (Å²) in [5.41, 5.74) is 4.29. The van der Waals surface area contributed by atoms with Gasteiger partial charge in [0.05, 0.1) is 34.9 Å². The summed E-state index contributed by atoms with van der Waals surface area (Å²) in [6.45, 7) is 3.53. The summed E-state index contributed by atoms with van der Waals surface area (Å²) in [5.74, 6) is 0.468. The van der Waals surface area contributed by atoms with E-state index in [0.717, 1.165) is 72.6 Å². The van der Waals surface area contributed by atoms with E-state index >= 15 is 0 Å². The van der Waals surface area contributed by atoms with Crippen LogP contribution < -0.4 is 20.9 Å². The highest BCUT2D eigenvalue weighted by molar-refractivity contribution is 6.36. The van der Waals surface area contributed by atoms with Gasteiger partial charge < -0.3 is 15.4 Å². The Morgan fingerprint density at radius 3 is 2.58 bits per heavy atom. The predicted molar refractivity (Wildman–Crippen MR) is 196 cm³/mol. The highest BCUT2D eigenvalue weighted by Crippen LogP contribution is 2.47. The van der Waals surface area contributed by atoms with Crippen molar-refractivity contribution in [3.63, 3.8) is 0 Å². The molecule has 14 heteroatoms. The largest absolute Gasteiger partial charge is 0.481 e. The summed E-state index contributed by atoms with van der Waals surface area (Å²) in [5, 5.41) is 10.7. The van der Waals surface area contributed by atoms with Crippen LogP contribution in [0, 0.1) is 6.92 Å². The Bertz CT molecular complexity index is 2360. The van der Waals surface area contributed by atoms with Crippen molar-refractivity contribution in [3.05, 3.63) is 92.5 Å². The molecule has 0 saturated carbocycles. The normalized spacial score (nSPS) is 20.2. The number of hydrogen-bond donors (Lipinski definition) is 2. The number of methoxy groups -OCH3 is 1. The van der Waals surface area contributed by atoms with Gasteiger partial charge in [0.25, 0.3) is 5.56 Å². The maximum atomic E-state index is 13.9. The van der Waals surface area contributed by atoms with Crippen molar-refractivity contribution < 1.29 is 22.7 Å². The molecule has 0 radical (unpaired) electrons. The first-order valence-electron chi connectivity index (χ1n) is 17.6. The molecule has 274 valence electrons. The number of piperidine rings is 1. The number of carbonyl (C=O) groups excluding carboxylic acids is 1. The molecule has 53 heavy (non-hydrogen) atoms. The lowest BCUT2D eigenvalue weighted by Gasteiger charge is -2.35. The van der Waals surface area contributed by atoms with Crippen LogP contribution in [0.4, 0.5) is 24.7 Å². The molecule has 8 rings (SSSR count). The average Bonchev–Trinajstić information content (AvgIpc) is 3.74. The average molecular weight is 744 g/mol. The van der Waals surface area contributed by atoms with E-state index in [4.69, 9.17) is 21.3 Å². The van der Waals surface area contributed by atoms with E-state index in [1.165, 1.54) is 13.2 Å². The van der Waals surface area contributed by atoms with Crippen LogP contribution in [0.15, 0.2) is 59.5 Å². The van der Waals surface area contributed by atoms with Gasteiger partial charge in [0.1, 0.15) is 11.5 Å². The lowest BCUT2D eigenvalue weighted by molar-refractivity contribution is -0.141. The molecule has 2 aliphatic heterocycles. The number of likely N-dealkylation sites (tertiary alicyclic amines) is 1. The molecule has 5 aromatic rings. The van der Waals surface area contributed by atoms with Crippen LogP contribution in [0.5, 0.6) is 5.88 Å². The summed E-state index contributed by atoms with van der Waals surface area (Å²) in [6.07, 6.45) is 1.68. The van der Waals surface area contributed by atoms with E-state index in [9.17, 15) is 22.8 Å². The number of aromatic nitrogens is 4. The number of rotatable bonds is 6. The number of benzene rings is 2. The Labute approximate surface area is 308 Å². The monoisotopic (exact) mass is 743 g/mol. The van der Waals surface area contributed by atoms with Gasteiger partial charge in [-0.25, -0.2) is 14.6 Å². The topological polar surface area (TPSA) is 114 Å². The van der Waals surface area contributed by atoms with Crippen LogP contribution in [0.1, 0.15) is 60.5 Å². The third-order valence-corrected chi connectivity index (χ3v) is 11.4. The number of alkyl halides is 3. The van der Waals surface area contributed by atoms with E-state index in [1.807, 2.05) is 31.2 Å². The molecule has 5 heterocycles. The van der Waals surface area contributed by atoms with Gasteiger partial charge in [-0.1, -0.05) is 41.9 Å². The van der Waals surface area contributed by atoms with Gasteiger partial charge in [0.2, 0.25) is 11.8 Å². The Balaban J connectivity index is 1.13. The highest BCUT2D eigenvalue weighted by atomic mass is 35.5. The number of anilines is 2. The molecule has 2 atom stereocenters. The first kappa shape index (κ1) is 35.0. The van der Waals surface area contributed by atoms with E-state index in [2.05, 4.69) is 31.7 Å². The zero-order valence-electron chi connectivity index (χ0n) is 29.4. The van der Waals surface area contributed by atoms with Gasteiger partial charge >= 0.3 is 6.18 Å². The molecule has 1 amide bonds. The number of amides is 1.